The van der Waals surface area contributed by atoms with E-state index in [-0.39, 0.29) is 0 Å². The molecule has 0 radical (unpaired) electrons. The Bertz CT molecular complexity index is 808. The number of anilines is 1. The number of fused-ring (bicyclic) bond motifs is 3. The summed E-state index contributed by atoms with van der Waals surface area (Å²) in [7, 11) is 0. The molecule has 1 aliphatic heterocycles. The minimum Gasteiger partial charge on any atom is -0.450 e. The van der Waals surface area contributed by atoms with Crippen LogP contribution in [0.5, 0.6) is 0 Å². The number of furan rings is 1. The quantitative estimate of drug-likeness (QED) is 0.674. The lowest BCUT2D eigenvalue weighted by Gasteiger charge is -2.34. The zero-order chi connectivity index (χ0) is 14.4. The molecule has 1 fully saturated rings. The number of hydrogen-bond acceptors (Lipinski definition) is 4. The van der Waals surface area contributed by atoms with E-state index in [2.05, 4.69) is 22.9 Å². The van der Waals surface area contributed by atoms with Crippen molar-refractivity contribution in [3.63, 3.8) is 0 Å². The van der Waals surface area contributed by atoms with Crippen LogP contribution in [0.1, 0.15) is 32.0 Å². The predicted octanol–water partition coefficient (Wildman–Crippen LogP) is 4.06. The van der Waals surface area contributed by atoms with Crippen molar-refractivity contribution >= 4 is 27.9 Å². The second kappa shape index (κ2) is 4.72. The summed E-state index contributed by atoms with van der Waals surface area (Å²) in [6, 6.07) is 8.59. The Morgan fingerprint density at radius 2 is 2.05 bits per heavy atom. The molecule has 4 heteroatoms. The molecule has 0 N–H and O–H groups in total. The number of aryl methyl sites for hydroxylation is 1. The number of piperidine rings is 1. The molecule has 0 saturated carbocycles. The second-order valence-electron chi connectivity index (χ2n) is 5.91. The Hall–Kier alpha value is -2.10. The van der Waals surface area contributed by atoms with Gasteiger partial charge in [0.15, 0.2) is 11.4 Å². The van der Waals surface area contributed by atoms with Crippen molar-refractivity contribution in [3.8, 4) is 0 Å². The molecule has 108 valence electrons. The van der Waals surface area contributed by atoms with Crippen molar-refractivity contribution in [1.29, 1.82) is 0 Å². The van der Waals surface area contributed by atoms with E-state index >= 15 is 0 Å². The van der Waals surface area contributed by atoms with E-state index in [1.807, 2.05) is 25.1 Å². The summed E-state index contributed by atoms with van der Waals surface area (Å²) in [4.78, 5) is 11.7. The van der Waals surface area contributed by atoms with Crippen LogP contribution >= 0.6 is 0 Å². The first kappa shape index (κ1) is 12.6. The molecular weight excluding hydrogens is 262 g/mol. The van der Waals surface area contributed by atoms with Crippen LogP contribution in [0.4, 0.5) is 5.82 Å². The lowest BCUT2D eigenvalue weighted by atomic mass is 10.0. The van der Waals surface area contributed by atoms with Crippen molar-refractivity contribution in [3.05, 3.63) is 30.1 Å². The van der Waals surface area contributed by atoms with Gasteiger partial charge in [0.05, 0.1) is 0 Å². The molecular formula is C17H19N3O. The van der Waals surface area contributed by atoms with Gasteiger partial charge in [0.2, 0.25) is 0 Å². The standard InChI is InChI=1S/C17H19N3O/c1-11-7-5-6-10-20(11)17-16-15(18-12(2)19-17)13-8-3-4-9-14(13)21-16/h3-4,8-9,11H,5-7,10H2,1-2H3. The molecule has 1 aromatic carbocycles. The summed E-state index contributed by atoms with van der Waals surface area (Å²) in [6.07, 6.45) is 3.73. The van der Waals surface area contributed by atoms with Crippen molar-refractivity contribution in [2.45, 2.75) is 39.2 Å². The maximum absolute atomic E-state index is 6.07. The SMILES string of the molecule is Cc1nc(N2CCCCC2C)c2oc3ccccc3c2n1. The molecule has 0 spiro atoms. The molecule has 0 amide bonds. The smallest absolute Gasteiger partial charge is 0.196 e. The molecule has 4 rings (SSSR count). The average molecular weight is 281 g/mol. The summed E-state index contributed by atoms with van der Waals surface area (Å²) in [5.74, 6) is 1.77. The molecule has 1 saturated heterocycles. The normalized spacial score (nSPS) is 19.5. The number of hydrogen-bond donors (Lipinski definition) is 0. The van der Waals surface area contributed by atoms with Gasteiger partial charge in [-0.3, -0.25) is 0 Å². The third-order valence-electron chi connectivity index (χ3n) is 4.39. The maximum atomic E-state index is 6.07. The summed E-state index contributed by atoms with van der Waals surface area (Å²) in [6.45, 7) is 5.27. The third kappa shape index (κ3) is 1.97. The van der Waals surface area contributed by atoms with Gasteiger partial charge in [-0.1, -0.05) is 12.1 Å². The van der Waals surface area contributed by atoms with E-state index < -0.39 is 0 Å². The predicted molar refractivity (Wildman–Crippen MR) is 84.7 cm³/mol. The van der Waals surface area contributed by atoms with E-state index in [0.717, 1.165) is 40.3 Å². The first-order valence-electron chi connectivity index (χ1n) is 7.66. The largest absolute Gasteiger partial charge is 0.450 e. The number of nitrogens with zero attached hydrogens (tertiary/aromatic N) is 3. The minimum atomic E-state index is 0.504. The van der Waals surface area contributed by atoms with Crippen LogP contribution in [-0.4, -0.2) is 22.6 Å². The van der Waals surface area contributed by atoms with Gasteiger partial charge < -0.3 is 9.32 Å². The maximum Gasteiger partial charge on any atom is 0.196 e. The number of rotatable bonds is 1. The van der Waals surface area contributed by atoms with E-state index in [1.54, 1.807) is 0 Å². The molecule has 3 aromatic rings. The van der Waals surface area contributed by atoms with Gasteiger partial charge in [-0.15, -0.1) is 0 Å². The summed E-state index contributed by atoms with van der Waals surface area (Å²) < 4.78 is 6.07. The molecule has 1 aliphatic rings. The Kier molecular flexibility index (Phi) is 2.84. The van der Waals surface area contributed by atoms with E-state index in [9.17, 15) is 0 Å². The van der Waals surface area contributed by atoms with Gasteiger partial charge >= 0.3 is 0 Å². The Labute approximate surface area is 123 Å². The lowest BCUT2D eigenvalue weighted by molar-refractivity contribution is 0.479. The highest BCUT2D eigenvalue weighted by atomic mass is 16.3. The highest BCUT2D eigenvalue weighted by Crippen LogP contribution is 2.35. The fourth-order valence-electron chi connectivity index (χ4n) is 3.29. The van der Waals surface area contributed by atoms with Gasteiger partial charge in [0.1, 0.15) is 16.9 Å². The fourth-order valence-corrected chi connectivity index (χ4v) is 3.29. The monoisotopic (exact) mass is 281 g/mol. The number of benzene rings is 1. The Balaban J connectivity index is 1.99. The summed E-state index contributed by atoms with van der Waals surface area (Å²) >= 11 is 0. The van der Waals surface area contributed by atoms with Crippen molar-refractivity contribution < 1.29 is 4.42 Å². The van der Waals surface area contributed by atoms with Crippen LogP contribution in [-0.2, 0) is 0 Å². The van der Waals surface area contributed by atoms with Gasteiger partial charge in [-0.25, -0.2) is 9.97 Å². The van der Waals surface area contributed by atoms with Crippen LogP contribution in [0.15, 0.2) is 28.7 Å². The van der Waals surface area contributed by atoms with Crippen molar-refractivity contribution in [1.82, 2.24) is 9.97 Å². The molecule has 0 bridgehead atoms. The molecule has 1 unspecified atom stereocenters. The van der Waals surface area contributed by atoms with Gasteiger partial charge in [-0.05, 0) is 45.2 Å². The first-order chi connectivity index (χ1) is 10.2. The lowest BCUT2D eigenvalue weighted by Crippen LogP contribution is -2.38. The third-order valence-corrected chi connectivity index (χ3v) is 4.39. The van der Waals surface area contributed by atoms with E-state index in [1.165, 1.54) is 19.3 Å². The van der Waals surface area contributed by atoms with Crippen LogP contribution in [0.25, 0.3) is 22.1 Å². The summed E-state index contributed by atoms with van der Waals surface area (Å²) in [5.41, 5.74) is 2.65. The number of aromatic nitrogens is 2. The number of para-hydroxylation sites is 1. The Morgan fingerprint density at radius 3 is 2.90 bits per heavy atom. The van der Waals surface area contributed by atoms with Crippen LogP contribution < -0.4 is 4.90 Å². The first-order valence-corrected chi connectivity index (χ1v) is 7.66. The van der Waals surface area contributed by atoms with Crippen molar-refractivity contribution in [2.24, 2.45) is 0 Å². The molecule has 3 heterocycles. The minimum absolute atomic E-state index is 0.504. The van der Waals surface area contributed by atoms with Crippen LogP contribution in [0.2, 0.25) is 0 Å². The zero-order valence-corrected chi connectivity index (χ0v) is 12.5. The highest BCUT2D eigenvalue weighted by molar-refractivity contribution is 6.05. The van der Waals surface area contributed by atoms with Crippen molar-refractivity contribution in [2.75, 3.05) is 11.4 Å². The highest BCUT2D eigenvalue weighted by Gasteiger charge is 2.24. The fraction of sp³-hybridized carbons (Fsp3) is 0.412. The Morgan fingerprint density at radius 1 is 1.19 bits per heavy atom. The molecule has 21 heavy (non-hydrogen) atoms. The molecule has 2 aromatic heterocycles. The summed E-state index contributed by atoms with van der Waals surface area (Å²) in [5, 5.41) is 1.07. The average Bonchev–Trinajstić information content (AvgIpc) is 2.86. The van der Waals surface area contributed by atoms with Crippen LogP contribution in [0, 0.1) is 6.92 Å². The second-order valence-corrected chi connectivity index (χ2v) is 5.91. The molecule has 4 nitrogen and oxygen atoms in total. The molecule has 0 aliphatic carbocycles. The van der Waals surface area contributed by atoms with Gasteiger partial charge in [0.25, 0.3) is 0 Å². The molecule has 1 atom stereocenters. The van der Waals surface area contributed by atoms with Crippen LogP contribution in [0.3, 0.4) is 0 Å². The topological polar surface area (TPSA) is 42.2 Å². The van der Waals surface area contributed by atoms with E-state index in [0.29, 0.717) is 6.04 Å². The van der Waals surface area contributed by atoms with Gasteiger partial charge in [-0.2, -0.15) is 0 Å². The van der Waals surface area contributed by atoms with Gasteiger partial charge in [0, 0.05) is 18.0 Å². The zero-order valence-electron chi connectivity index (χ0n) is 12.5. The van der Waals surface area contributed by atoms with E-state index in [4.69, 9.17) is 9.40 Å².